The number of piperidine rings is 1. The SMILES string of the molecule is Cc1nc2cc(-c3ccc(C(F)(F)F)cc3)nn2c(N2CCCC(C(=O)O)C2)c1CC(C)C. The van der Waals surface area contributed by atoms with Crippen LogP contribution in [0.1, 0.15) is 43.5 Å². The van der Waals surface area contributed by atoms with Gasteiger partial charge in [0.25, 0.3) is 0 Å². The van der Waals surface area contributed by atoms with Crippen LogP contribution in [0.4, 0.5) is 19.0 Å². The Bertz CT molecular complexity index is 1170. The zero-order chi connectivity index (χ0) is 23.9. The summed E-state index contributed by atoms with van der Waals surface area (Å²) in [4.78, 5) is 18.5. The number of rotatable bonds is 5. The van der Waals surface area contributed by atoms with Gasteiger partial charge in [-0.2, -0.15) is 22.8 Å². The van der Waals surface area contributed by atoms with Crippen molar-refractivity contribution >= 4 is 17.4 Å². The van der Waals surface area contributed by atoms with Gasteiger partial charge in [0.1, 0.15) is 5.82 Å². The summed E-state index contributed by atoms with van der Waals surface area (Å²) in [6.07, 6.45) is -2.25. The summed E-state index contributed by atoms with van der Waals surface area (Å²) >= 11 is 0. The second-order valence-electron chi connectivity index (χ2n) is 9.10. The minimum absolute atomic E-state index is 0.353. The average molecular weight is 461 g/mol. The first kappa shape index (κ1) is 23.1. The standard InChI is InChI=1S/C24H27F3N4O2/c1-14(2)11-19-15(3)28-21-12-20(16-6-8-18(9-7-16)24(25,26)27)29-31(21)22(19)30-10-4-5-17(13-30)23(32)33/h6-9,12,14,17H,4-5,10-11,13H2,1-3H3,(H,32,33). The lowest BCUT2D eigenvalue weighted by atomic mass is 9.96. The van der Waals surface area contributed by atoms with E-state index < -0.39 is 23.6 Å². The maximum Gasteiger partial charge on any atom is 0.416 e. The van der Waals surface area contributed by atoms with Crippen LogP contribution in [0.2, 0.25) is 0 Å². The van der Waals surface area contributed by atoms with Gasteiger partial charge in [-0.25, -0.2) is 4.98 Å². The Hall–Kier alpha value is -3.10. The molecule has 0 radical (unpaired) electrons. The van der Waals surface area contributed by atoms with Crippen molar-refractivity contribution in [2.24, 2.45) is 11.8 Å². The number of halogens is 3. The van der Waals surface area contributed by atoms with Crippen LogP contribution >= 0.6 is 0 Å². The highest BCUT2D eigenvalue weighted by molar-refractivity contribution is 5.72. The Kier molecular flexibility index (Phi) is 6.07. The van der Waals surface area contributed by atoms with Crippen LogP contribution < -0.4 is 4.90 Å². The summed E-state index contributed by atoms with van der Waals surface area (Å²) in [5.41, 5.74) is 2.82. The molecule has 0 spiro atoms. The molecule has 1 aromatic carbocycles. The highest BCUT2D eigenvalue weighted by atomic mass is 19.4. The average Bonchev–Trinajstić information content (AvgIpc) is 3.16. The van der Waals surface area contributed by atoms with Gasteiger partial charge in [0, 0.05) is 36.0 Å². The van der Waals surface area contributed by atoms with E-state index in [-0.39, 0.29) is 0 Å². The van der Waals surface area contributed by atoms with Crippen LogP contribution in [0.25, 0.3) is 16.9 Å². The molecule has 6 nitrogen and oxygen atoms in total. The summed E-state index contributed by atoms with van der Waals surface area (Å²) in [7, 11) is 0. The van der Waals surface area contributed by atoms with Crippen molar-refractivity contribution in [1.29, 1.82) is 0 Å². The molecule has 4 rings (SSSR count). The van der Waals surface area contributed by atoms with Gasteiger partial charge in [0.15, 0.2) is 5.65 Å². The first-order chi connectivity index (χ1) is 15.5. The lowest BCUT2D eigenvalue weighted by Gasteiger charge is -2.34. The summed E-state index contributed by atoms with van der Waals surface area (Å²) in [6, 6.07) is 6.67. The topological polar surface area (TPSA) is 70.7 Å². The molecule has 2 aromatic heterocycles. The molecule has 1 aliphatic heterocycles. The highest BCUT2D eigenvalue weighted by Gasteiger charge is 2.31. The van der Waals surface area contributed by atoms with Gasteiger partial charge < -0.3 is 10.0 Å². The Balaban J connectivity index is 1.83. The number of aryl methyl sites for hydroxylation is 1. The zero-order valence-electron chi connectivity index (χ0n) is 18.9. The largest absolute Gasteiger partial charge is 0.481 e. The molecule has 1 saturated heterocycles. The molecule has 33 heavy (non-hydrogen) atoms. The Morgan fingerprint density at radius 3 is 2.55 bits per heavy atom. The molecule has 0 bridgehead atoms. The monoisotopic (exact) mass is 460 g/mol. The van der Waals surface area contributed by atoms with Crippen molar-refractivity contribution in [2.45, 2.75) is 46.2 Å². The van der Waals surface area contributed by atoms with Crippen molar-refractivity contribution < 1.29 is 23.1 Å². The van der Waals surface area contributed by atoms with E-state index in [1.165, 1.54) is 12.1 Å². The molecule has 1 fully saturated rings. The molecule has 1 unspecified atom stereocenters. The van der Waals surface area contributed by atoms with Crippen LogP contribution in [0.5, 0.6) is 0 Å². The van der Waals surface area contributed by atoms with Crippen molar-refractivity contribution in [3.05, 3.63) is 47.2 Å². The molecule has 1 aliphatic rings. The van der Waals surface area contributed by atoms with Gasteiger partial charge in [-0.1, -0.05) is 26.0 Å². The van der Waals surface area contributed by atoms with Crippen LogP contribution in [-0.4, -0.2) is 38.8 Å². The summed E-state index contributed by atoms with van der Waals surface area (Å²) in [5, 5.41) is 14.3. The second-order valence-corrected chi connectivity index (χ2v) is 9.10. The molecule has 0 aliphatic carbocycles. The van der Waals surface area contributed by atoms with Gasteiger partial charge in [0.2, 0.25) is 0 Å². The number of anilines is 1. The van der Waals surface area contributed by atoms with Crippen LogP contribution in [-0.2, 0) is 17.4 Å². The number of benzene rings is 1. The number of hydrogen-bond donors (Lipinski definition) is 1. The van der Waals surface area contributed by atoms with E-state index in [4.69, 9.17) is 10.1 Å². The van der Waals surface area contributed by atoms with Gasteiger partial charge >= 0.3 is 12.1 Å². The number of fused-ring (bicyclic) bond motifs is 1. The predicted molar refractivity (Wildman–Crippen MR) is 119 cm³/mol. The summed E-state index contributed by atoms with van der Waals surface area (Å²) in [6.45, 7) is 7.25. The van der Waals surface area contributed by atoms with Crippen LogP contribution in [0.15, 0.2) is 30.3 Å². The normalized spacial score (nSPS) is 17.2. The van der Waals surface area contributed by atoms with Crippen molar-refractivity contribution in [1.82, 2.24) is 14.6 Å². The van der Waals surface area contributed by atoms with Gasteiger partial charge in [-0.05, 0) is 44.2 Å². The third-order valence-corrected chi connectivity index (χ3v) is 6.07. The van der Waals surface area contributed by atoms with E-state index in [1.54, 1.807) is 10.6 Å². The second kappa shape index (κ2) is 8.68. The highest BCUT2D eigenvalue weighted by Crippen LogP contribution is 2.34. The van der Waals surface area contributed by atoms with Crippen LogP contribution in [0, 0.1) is 18.8 Å². The summed E-state index contributed by atoms with van der Waals surface area (Å²) in [5.74, 6) is -0.0841. The Labute approximate surface area is 190 Å². The van der Waals surface area contributed by atoms with Gasteiger partial charge in [0.05, 0.1) is 17.2 Å². The van der Waals surface area contributed by atoms with Crippen molar-refractivity contribution in [2.75, 3.05) is 18.0 Å². The molecular formula is C24H27F3N4O2. The molecule has 9 heteroatoms. The smallest absolute Gasteiger partial charge is 0.416 e. The number of aliphatic carboxylic acids is 1. The molecular weight excluding hydrogens is 433 g/mol. The van der Waals surface area contributed by atoms with E-state index in [9.17, 15) is 23.1 Å². The predicted octanol–water partition coefficient (Wildman–Crippen LogP) is 5.22. The number of carboxylic acids is 1. The van der Waals surface area contributed by atoms with Crippen molar-refractivity contribution in [3.8, 4) is 11.3 Å². The third kappa shape index (κ3) is 4.67. The number of hydrogen-bond acceptors (Lipinski definition) is 4. The lowest BCUT2D eigenvalue weighted by Crippen LogP contribution is -2.40. The third-order valence-electron chi connectivity index (χ3n) is 6.07. The van der Waals surface area contributed by atoms with E-state index in [0.717, 1.165) is 42.0 Å². The number of carboxylic acid groups (broad SMARTS) is 1. The van der Waals surface area contributed by atoms with E-state index >= 15 is 0 Å². The molecule has 0 amide bonds. The molecule has 1 atom stereocenters. The Morgan fingerprint density at radius 2 is 1.94 bits per heavy atom. The number of carbonyl (C=O) groups is 1. The molecule has 3 aromatic rings. The van der Waals surface area contributed by atoms with E-state index in [2.05, 4.69) is 18.7 Å². The zero-order valence-corrected chi connectivity index (χ0v) is 18.9. The maximum atomic E-state index is 13.0. The molecule has 1 N–H and O–H groups in total. The maximum absolute atomic E-state index is 13.0. The van der Waals surface area contributed by atoms with Crippen LogP contribution in [0.3, 0.4) is 0 Å². The molecule has 176 valence electrons. The fourth-order valence-electron chi connectivity index (χ4n) is 4.45. The first-order valence-electron chi connectivity index (χ1n) is 11.1. The minimum Gasteiger partial charge on any atom is -0.481 e. The fraction of sp³-hybridized carbons (Fsp3) is 0.458. The van der Waals surface area contributed by atoms with E-state index in [1.807, 2.05) is 6.92 Å². The van der Waals surface area contributed by atoms with Gasteiger partial charge in [-0.3, -0.25) is 4.79 Å². The number of aromatic nitrogens is 3. The van der Waals surface area contributed by atoms with E-state index in [0.29, 0.717) is 42.3 Å². The lowest BCUT2D eigenvalue weighted by molar-refractivity contribution is -0.142. The number of nitrogens with zero attached hydrogens (tertiary/aromatic N) is 4. The minimum atomic E-state index is -4.40. The first-order valence-corrected chi connectivity index (χ1v) is 11.1. The fourth-order valence-corrected chi connectivity index (χ4v) is 4.45. The number of alkyl halides is 3. The summed E-state index contributed by atoms with van der Waals surface area (Å²) < 4.78 is 40.6. The van der Waals surface area contributed by atoms with Gasteiger partial charge in [-0.15, -0.1) is 0 Å². The molecule has 3 heterocycles. The quantitative estimate of drug-likeness (QED) is 0.565. The van der Waals surface area contributed by atoms with Crippen molar-refractivity contribution in [3.63, 3.8) is 0 Å². The molecule has 0 saturated carbocycles. The Morgan fingerprint density at radius 1 is 1.24 bits per heavy atom.